The van der Waals surface area contributed by atoms with Gasteiger partial charge in [-0.1, -0.05) is 20.8 Å². The van der Waals surface area contributed by atoms with Crippen molar-refractivity contribution in [1.29, 1.82) is 0 Å². The highest BCUT2D eigenvalue weighted by Gasteiger charge is 2.36. The smallest absolute Gasteiger partial charge is 0.0883 e. The van der Waals surface area contributed by atoms with Crippen LogP contribution in [0.15, 0.2) is 0 Å². The molecule has 2 nitrogen and oxygen atoms in total. The Hall–Kier alpha value is -0.0800. The number of aliphatic hydroxyl groups is 1. The van der Waals surface area contributed by atoms with Gasteiger partial charge in [0.05, 0.1) is 17.8 Å². The van der Waals surface area contributed by atoms with Crippen molar-refractivity contribution >= 4 is 0 Å². The maximum Gasteiger partial charge on any atom is 0.0883 e. The van der Waals surface area contributed by atoms with E-state index in [4.69, 9.17) is 4.74 Å². The average Bonchev–Trinajstić information content (AvgIpc) is 1.92. The van der Waals surface area contributed by atoms with Crippen LogP contribution in [0.1, 0.15) is 47.5 Å². The molecule has 1 N–H and O–H groups in total. The first-order valence-corrected chi connectivity index (χ1v) is 5.68. The molecule has 0 spiro atoms. The van der Waals surface area contributed by atoms with E-state index in [-0.39, 0.29) is 6.10 Å². The number of ether oxygens (including phenoxy) is 1. The highest BCUT2D eigenvalue weighted by molar-refractivity contribution is 4.85. The summed E-state index contributed by atoms with van der Waals surface area (Å²) >= 11 is 0. The Morgan fingerprint density at radius 3 is 2.07 bits per heavy atom. The molecule has 0 aliphatic heterocycles. The number of hydrogen-bond acceptors (Lipinski definition) is 2. The van der Waals surface area contributed by atoms with Gasteiger partial charge in [-0.05, 0) is 38.5 Å². The Labute approximate surface area is 87.7 Å². The van der Waals surface area contributed by atoms with Gasteiger partial charge >= 0.3 is 0 Å². The largest absolute Gasteiger partial charge is 0.388 e. The molecule has 0 aromatic heterocycles. The molecular weight excluding hydrogens is 176 g/mol. The summed E-state index contributed by atoms with van der Waals surface area (Å²) in [5.41, 5.74) is -0.729. The normalized spacial score (nSPS) is 30.2. The van der Waals surface area contributed by atoms with E-state index in [1.807, 2.05) is 13.8 Å². The van der Waals surface area contributed by atoms with Crippen LogP contribution in [0.2, 0.25) is 0 Å². The monoisotopic (exact) mass is 200 g/mol. The minimum atomic E-state index is -0.729. The van der Waals surface area contributed by atoms with Crippen molar-refractivity contribution in [2.45, 2.75) is 65.3 Å². The summed E-state index contributed by atoms with van der Waals surface area (Å²) in [7, 11) is 0. The fourth-order valence-electron chi connectivity index (χ4n) is 2.29. The lowest BCUT2D eigenvalue weighted by Crippen LogP contribution is -2.46. The summed E-state index contributed by atoms with van der Waals surface area (Å²) in [5.74, 6) is 1.17. The van der Waals surface area contributed by atoms with Gasteiger partial charge in [-0.2, -0.15) is 0 Å². The predicted octanol–water partition coefficient (Wildman–Crippen LogP) is 2.60. The van der Waals surface area contributed by atoms with Crippen LogP contribution in [0.25, 0.3) is 0 Å². The van der Waals surface area contributed by atoms with Gasteiger partial charge in [-0.25, -0.2) is 0 Å². The first-order chi connectivity index (χ1) is 6.30. The second kappa shape index (κ2) is 4.19. The van der Waals surface area contributed by atoms with Gasteiger partial charge in [-0.15, -0.1) is 0 Å². The van der Waals surface area contributed by atoms with Gasteiger partial charge in [0.2, 0.25) is 0 Å². The molecule has 1 aliphatic carbocycles. The average molecular weight is 200 g/mol. The van der Waals surface area contributed by atoms with Crippen molar-refractivity contribution < 1.29 is 9.84 Å². The molecule has 1 aliphatic rings. The standard InChI is InChI=1S/C12H24O2/c1-8(2)11(12(4,5)13)14-10-6-9(3)7-10/h8-11,13H,6-7H2,1-5H3/t9?,10?,11-/m0/s1. The molecule has 0 aromatic rings. The topological polar surface area (TPSA) is 29.5 Å². The minimum absolute atomic E-state index is 0.0417. The Morgan fingerprint density at radius 2 is 1.79 bits per heavy atom. The van der Waals surface area contributed by atoms with E-state index in [1.165, 1.54) is 0 Å². The molecule has 0 radical (unpaired) electrons. The number of hydrogen-bond donors (Lipinski definition) is 1. The molecule has 0 unspecified atom stereocenters. The molecule has 0 aromatic carbocycles. The summed E-state index contributed by atoms with van der Waals surface area (Å²) in [5, 5.41) is 9.96. The molecule has 0 amide bonds. The molecule has 0 bridgehead atoms. The summed E-state index contributed by atoms with van der Waals surface area (Å²) in [6.07, 6.45) is 2.64. The minimum Gasteiger partial charge on any atom is -0.388 e. The Balaban J connectivity index is 2.44. The third kappa shape index (κ3) is 2.96. The zero-order valence-corrected chi connectivity index (χ0v) is 10.1. The molecule has 1 saturated carbocycles. The van der Waals surface area contributed by atoms with Gasteiger partial charge in [0.25, 0.3) is 0 Å². The predicted molar refractivity (Wildman–Crippen MR) is 58.2 cm³/mol. The van der Waals surface area contributed by atoms with Gasteiger partial charge < -0.3 is 9.84 Å². The van der Waals surface area contributed by atoms with Gasteiger partial charge in [0.15, 0.2) is 0 Å². The van der Waals surface area contributed by atoms with Gasteiger partial charge in [0.1, 0.15) is 0 Å². The molecule has 14 heavy (non-hydrogen) atoms. The summed E-state index contributed by atoms with van der Waals surface area (Å²) in [4.78, 5) is 0. The Bertz CT molecular complexity index is 175. The lowest BCUT2D eigenvalue weighted by Gasteiger charge is -2.41. The zero-order chi connectivity index (χ0) is 10.9. The van der Waals surface area contributed by atoms with Crippen LogP contribution in [0, 0.1) is 11.8 Å². The molecule has 0 saturated heterocycles. The maximum absolute atomic E-state index is 9.96. The van der Waals surface area contributed by atoms with Crippen LogP contribution >= 0.6 is 0 Å². The molecule has 1 rings (SSSR count). The van der Waals surface area contributed by atoms with Crippen molar-refractivity contribution in [2.24, 2.45) is 11.8 Å². The van der Waals surface area contributed by atoms with E-state index in [0.717, 1.165) is 18.8 Å². The van der Waals surface area contributed by atoms with Crippen molar-refractivity contribution in [2.75, 3.05) is 0 Å². The van der Waals surface area contributed by atoms with Crippen molar-refractivity contribution in [3.8, 4) is 0 Å². The van der Waals surface area contributed by atoms with E-state index in [2.05, 4.69) is 20.8 Å². The fraction of sp³-hybridized carbons (Fsp3) is 1.00. The molecule has 1 fully saturated rings. The highest BCUT2D eigenvalue weighted by Crippen LogP contribution is 2.33. The van der Waals surface area contributed by atoms with E-state index in [9.17, 15) is 5.11 Å². The third-order valence-corrected chi connectivity index (χ3v) is 2.97. The lowest BCUT2D eigenvalue weighted by atomic mass is 9.83. The van der Waals surface area contributed by atoms with E-state index >= 15 is 0 Å². The van der Waals surface area contributed by atoms with E-state index in [0.29, 0.717) is 12.0 Å². The SMILES string of the molecule is CC1CC(O[C@@H](C(C)C)C(C)(C)O)C1. The van der Waals surface area contributed by atoms with Crippen LogP contribution in [0.3, 0.4) is 0 Å². The first-order valence-electron chi connectivity index (χ1n) is 5.68. The van der Waals surface area contributed by atoms with Gasteiger partial charge in [-0.3, -0.25) is 0 Å². The van der Waals surface area contributed by atoms with Gasteiger partial charge in [0, 0.05) is 0 Å². The Morgan fingerprint density at radius 1 is 1.29 bits per heavy atom. The molecule has 2 heteroatoms. The van der Waals surface area contributed by atoms with Crippen LogP contribution in [0.4, 0.5) is 0 Å². The third-order valence-electron chi connectivity index (χ3n) is 2.97. The zero-order valence-electron chi connectivity index (χ0n) is 10.1. The number of rotatable bonds is 4. The second-order valence-corrected chi connectivity index (χ2v) is 5.65. The fourth-order valence-corrected chi connectivity index (χ4v) is 2.29. The highest BCUT2D eigenvalue weighted by atomic mass is 16.5. The van der Waals surface area contributed by atoms with Crippen LogP contribution in [-0.4, -0.2) is 22.9 Å². The van der Waals surface area contributed by atoms with E-state index < -0.39 is 5.60 Å². The van der Waals surface area contributed by atoms with Crippen molar-refractivity contribution in [1.82, 2.24) is 0 Å². The molecule has 84 valence electrons. The summed E-state index contributed by atoms with van der Waals surface area (Å²) in [6, 6.07) is 0. The van der Waals surface area contributed by atoms with Crippen LogP contribution < -0.4 is 0 Å². The van der Waals surface area contributed by atoms with Crippen LogP contribution in [-0.2, 0) is 4.74 Å². The maximum atomic E-state index is 9.96. The van der Waals surface area contributed by atoms with E-state index in [1.54, 1.807) is 0 Å². The van der Waals surface area contributed by atoms with Crippen LogP contribution in [0.5, 0.6) is 0 Å². The molecular formula is C12H24O2. The first kappa shape index (κ1) is 12.0. The van der Waals surface area contributed by atoms with Crippen molar-refractivity contribution in [3.63, 3.8) is 0 Å². The van der Waals surface area contributed by atoms with Crippen molar-refractivity contribution in [3.05, 3.63) is 0 Å². The lowest BCUT2D eigenvalue weighted by molar-refractivity contribution is -0.162. The second-order valence-electron chi connectivity index (χ2n) is 5.65. The Kier molecular flexibility index (Phi) is 3.59. The molecule has 0 heterocycles. The quantitative estimate of drug-likeness (QED) is 0.756. The summed E-state index contributed by atoms with van der Waals surface area (Å²) in [6.45, 7) is 10.1. The molecule has 1 atom stereocenters. The summed E-state index contributed by atoms with van der Waals surface area (Å²) < 4.78 is 5.93.